The first-order chi connectivity index (χ1) is 10.6. The number of rotatable bonds is 5. The van der Waals surface area contributed by atoms with Gasteiger partial charge in [-0.2, -0.15) is 0 Å². The molecule has 1 aromatic carbocycles. The summed E-state index contributed by atoms with van der Waals surface area (Å²) in [5.74, 6) is 0.519. The van der Waals surface area contributed by atoms with Crippen LogP contribution >= 0.6 is 0 Å². The van der Waals surface area contributed by atoms with Crippen LogP contribution in [0.25, 0.3) is 0 Å². The lowest BCUT2D eigenvalue weighted by molar-refractivity contribution is -0.139. The van der Waals surface area contributed by atoms with Gasteiger partial charge in [-0.25, -0.2) is 0 Å². The minimum Gasteiger partial charge on any atom is -0.497 e. The molecule has 1 aliphatic heterocycles. The van der Waals surface area contributed by atoms with Crippen LogP contribution in [0.1, 0.15) is 12.5 Å². The Bertz CT molecular complexity index is 509. The van der Waals surface area contributed by atoms with Crippen LogP contribution in [0, 0.1) is 0 Å². The number of carbonyl (C=O) groups is 2. The average Bonchev–Trinajstić information content (AvgIpc) is 2.55. The van der Waals surface area contributed by atoms with E-state index >= 15 is 0 Å². The van der Waals surface area contributed by atoms with Gasteiger partial charge < -0.3 is 19.7 Å². The molecule has 6 nitrogen and oxygen atoms in total. The zero-order valence-corrected chi connectivity index (χ0v) is 13.0. The van der Waals surface area contributed by atoms with Gasteiger partial charge >= 0.3 is 0 Å². The molecule has 1 aliphatic rings. The van der Waals surface area contributed by atoms with E-state index in [4.69, 9.17) is 9.47 Å². The Morgan fingerprint density at radius 2 is 1.91 bits per heavy atom. The predicted molar refractivity (Wildman–Crippen MR) is 81.7 cm³/mol. The average molecular weight is 306 g/mol. The van der Waals surface area contributed by atoms with Gasteiger partial charge in [0.1, 0.15) is 11.8 Å². The quantitative estimate of drug-likeness (QED) is 0.865. The van der Waals surface area contributed by atoms with Gasteiger partial charge in [0.05, 0.1) is 26.7 Å². The summed E-state index contributed by atoms with van der Waals surface area (Å²) >= 11 is 0. The fourth-order valence-corrected chi connectivity index (χ4v) is 2.34. The van der Waals surface area contributed by atoms with Crippen LogP contribution < -0.4 is 10.1 Å². The van der Waals surface area contributed by atoms with Gasteiger partial charge in [-0.3, -0.25) is 9.59 Å². The smallest absolute Gasteiger partial charge is 0.245 e. The summed E-state index contributed by atoms with van der Waals surface area (Å²) in [5, 5.41) is 2.75. The molecule has 1 atom stereocenters. The van der Waals surface area contributed by atoms with Crippen molar-refractivity contribution >= 4 is 11.8 Å². The van der Waals surface area contributed by atoms with Gasteiger partial charge in [-0.15, -0.1) is 0 Å². The topological polar surface area (TPSA) is 67.9 Å². The van der Waals surface area contributed by atoms with Crippen LogP contribution in [0.4, 0.5) is 0 Å². The zero-order chi connectivity index (χ0) is 15.9. The maximum absolute atomic E-state index is 12.2. The molecular formula is C16H22N2O4. The maximum atomic E-state index is 12.2. The molecule has 22 heavy (non-hydrogen) atoms. The van der Waals surface area contributed by atoms with Crippen molar-refractivity contribution in [1.29, 1.82) is 0 Å². The lowest BCUT2D eigenvalue weighted by Crippen LogP contribution is -2.50. The summed E-state index contributed by atoms with van der Waals surface area (Å²) < 4.78 is 10.3. The van der Waals surface area contributed by atoms with E-state index in [2.05, 4.69) is 5.32 Å². The Balaban J connectivity index is 1.83. The molecule has 0 aromatic heterocycles. The summed E-state index contributed by atoms with van der Waals surface area (Å²) in [4.78, 5) is 26.0. The summed E-state index contributed by atoms with van der Waals surface area (Å²) in [6.45, 7) is 3.98. The molecule has 2 rings (SSSR count). The minimum absolute atomic E-state index is 0.0635. The zero-order valence-electron chi connectivity index (χ0n) is 13.0. The summed E-state index contributed by atoms with van der Waals surface area (Å²) in [7, 11) is 1.60. The van der Waals surface area contributed by atoms with Crippen LogP contribution in [0.5, 0.6) is 5.75 Å². The lowest BCUT2D eigenvalue weighted by Gasteiger charge is -2.29. The van der Waals surface area contributed by atoms with Crippen molar-refractivity contribution in [2.75, 3.05) is 33.4 Å². The Hall–Kier alpha value is -2.08. The van der Waals surface area contributed by atoms with E-state index in [0.29, 0.717) is 26.3 Å². The van der Waals surface area contributed by atoms with E-state index in [1.807, 2.05) is 24.3 Å². The van der Waals surface area contributed by atoms with E-state index < -0.39 is 6.04 Å². The van der Waals surface area contributed by atoms with Crippen molar-refractivity contribution < 1.29 is 19.1 Å². The van der Waals surface area contributed by atoms with Crippen molar-refractivity contribution in [3.8, 4) is 5.75 Å². The fraction of sp³-hybridized carbons (Fsp3) is 0.500. The number of ether oxygens (including phenoxy) is 2. The van der Waals surface area contributed by atoms with Crippen LogP contribution in [0.2, 0.25) is 0 Å². The first-order valence-electron chi connectivity index (χ1n) is 7.39. The van der Waals surface area contributed by atoms with Crippen LogP contribution in [-0.4, -0.2) is 56.2 Å². The van der Waals surface area contributed by atoms with E-state index in [0.717, 1.165) is 11.3 Å². The highest BCUT2D eigenvalue weighted by Gasteiger charge is 2.23. The standard InChI is InChI=1S/C16H22N2O4/c1-12(16(20)18-7-9-22-10-8-18)17-15(19)11-13-3-5-14(21-2)6-4-13/h3-6,12H,7-11H2,1-2H3,(H,17,19)/t12-/m1/s1. The number of nitrogens with zero attached hydrogens (tertiary/aromatic N) is 1. The number of hydrogen-bond acceptors (Lipinski definition) is 4. The second kappa shape index (κ2) is 7.79. The Labute approximate surface area is 130 Å². The van der Waals surface area contributed by atoms with Gasteiger partial charge in [-0.1, -0.05) is 12.1 Å². The van der Waals surface area contributed by atoms with Gasteiger partial charge in [0.15, 0.2) is 0 Å². The first-order valence-corrected chi connectivity index (χ1v) is 7.39. The van der Waals surface area contributed by atoms with Crippen LogP contribution in [-0.2, 0) is 20.7 Å². The number of carbonyl (C=O) groups excluding carboxylic acids is 2. The molecule has 1 heterocycles. The van der Waals surface area contributed by atoms with Crippen LogP contribution in [0.3, 0.4) is 0 Å². The monoisotopic (exact) mass is 306 g/mol. The molecule has 2 amide bonds. The van der Waals surface area contributed by atoms with E-state index in [9.17, 15) is 9.59 Å². The lowest BCUT2D eigenvalue weighted by atomic mass is 10.1. The Morgan fingerprint density at radius 3 is 2.50 bits per heavy atom. The molecule has 1 fully saturated rings. The predicted octanol–water partition coefficient (Wildman–Crippen LogP) is 0.601. The number of amides is 2. The van der Waals surface area contributed by atoms with E-state index in [1.165, 1.54) is 0 Å². The molecule has 1 N–H and O–H groups in total. The number of nitrogens with one attached hydrogen (secondary N) is 1. The Kier molecular flexibility index (Phi) is 5.77. The van der Waals surface area contributed by atoms with Crippen LogP contribution in [0.15, 0.2) is 24.3 Å². The Morgan fingerprint density at radius 1 is 1.27 bits per heavy atom. The molecule has 0 unspecified atom stereocenters. The fourth-order valence-electron chi connectivity index (χ4n) is 2.34. The molecule has 0 radical (unpaired) electrons. The number of hydrogen-bond donors (Lipinski definition) is 1. The molecule has 120 valence electrons. The van der Waals surface area contributed by atoms with Crippen molar-refractivity contribution in [3.63, 3.8) is 0 Å². The third-order valence-electron chi connectivity index (χ3n) is 3.59. The van der Waals surface area contributed by atoms with Crippen molar-refractivity contribution in [2.45, 2.75) is 19.4 Å². The molecule has 0 saturated carbocycles. The maximum Gasteiger partial charge on any atom is 0.245 e. The third-order valence-corrected chi connectivity index (χ3v) is 3.59. The molecule has 1 aromatic rings. The third kappa shape index (κ3) is 4.46. The van der Waals surface area contributed by atoms with Crippen molar-refractivity contribution in [1.82, 2.24) is 10.2 Å². The van der Waals surface area contributed by atoms with E-state index in [1.54, 1.807) is 18.9 Å². The normalized spacial score (nSPS) is 16.0. The van der Waals surface area contributed by atoms with Gasteiger partial charge in [0.25, 0.3) is 0 Å². The summed E-state index contributed by atoms with van der Waals surface area (Å²) in [5.41, 5.74) is 0.879. The molecule has 1 saturated heterocycles. The molecule has 0 spiro atoms. The van der Waals surface area contributed by atoms with Crippen molar-refractivity contribution in [3.05, 3.63) is 29.8 Å². The van der Waals surface area contributed by atoms with Gasteiger partial charge in [-0.05, 0) is 24.6 Å². The second-order valence-electron chi connectivity index (χ2n) is 5.25. The number of methoxy groups -OCH3 is 1. The summed E-state index contributed by atoms with van der Waals surface area (Å²) in [6.07, 6.45) is 0.241. The van der Waals surface area contributed by atoms with E-state index in [-0.39, 0.29) is 18.2 Å². The molecule has 0 bridgehead atoms. The van der Waals surface area contributed by atoms with Gasteiger partial charge in [0, 0.05) is 13.1 Å². The molecular weight excluding hydrogens is 284 g/mol. The number of benzene rings is 1. The summed E-state index contributed by atoms with van der Waals surface area (Å²) in [6, 6.07) is 6.78. The molecule has 6 heteroatoms. The highest BCUT2D eigenvalue weighted by Crippen LogP contribution is 2.11. The SMILES string of the molecule is COc1ccc(CC(=O)N[C@H](C)C(=O)N2CCOCC2)cc1. The second-order valence-corrected chi connectivity index (χ2v) is 5.25. The number of morpholine rings is 1. The molecule has 0 aliphatic carbocycles. The van der Waals surface area contributed by atoms with Gasteiger partial charge in [0.2, 0.25) is 11.8 Å². The largest absolute Gasteiger partial charge is 0.497 e. The minimum atomic E-state index is -0.524. The van der Waals surface area contributed by atoms with Crippen molar-refractivity contribution in [2.24, 2.45) is 0 Å². The first kappa shape index (κ1) is 16.3. The highest BCUT2D eigenvalue weighted by atomic mass is 16.5. The highest BCUT2D eigenvalue weighted by molar-refractivity contribution is 5.88.